The van der Waals surface area contributed by atoms with Crippen molar-refractivity contribution < 1.29 is 22.7 Å². The maximum absolute atomic E-state index is 14.5. The van der Waals surface area contributed by atoms with E-state index in [0.29, 0.717) is 6.42 Å². The minimum atomic E-state index is -0.844. The van der Waals surface area contributed by atoms with E-state index in [-0.39, 0.29) is 35.5 Å². The highest BCUT2D eigenvalue weighted by atomic mass is 32.2. The number of hydrogen-bond donors (Lipinski definition) is 1. The van der Waals surface area contributed by atoms with Gasteiger partial charge in [0.2, 0.25) is 5.89 Å². The van der Waals surface area contributed by atoms with Crippen LogP contribution in [0.1, 0.15) is 44.2 Å². The van der Waals surface area contributed by atoms with Gasteiger partial charge >= 0.3 is 12.0 Å². The Balaban J connectivity index is 0.00000108. The van der Waals surface area contributed by atoms with Gasteiger partial charge in [-0.1, -0.05) is 61.0 Å². The Hall–Kier alpha value is -3.31. The summed E-state index contributed by atoms with van der Waals surface area (Å²) in [7, 11) is 0. The van der Waals surface area contributed by atoms with Crippen molar-refractivity contribution in [1.29, 1.82) is 0 Å². The minimum absolute atomic E-state index is 0.0364. The summed E-state index contributed by atoms with van der Waals surface area (Å²) in [5.74, 6) is -1.58. The third kappa shape index (κ3) is 5.85. The van der Waals surface area contributed by atoms with Crippen molar-refractivity contribution in [2.24, 2.45) is 10.8 Å². The highest BCUT2D eigenvalue weighted by molar-refractivity contribution is 8.15. The number of esters is 1. The van der Waals surface area contributed by atoms with Crippen molar-refractivity contribution in [3.05, 3.63) is 77.2 Å². The van der Waals surface area contributed by atoms with Crippen LogP contribution in [0.15, 0.2) is 58.0 Å². The molecule has 0 saturated carbocycles. The number of anilines is 1. The first-order valence-electron chi connectivity index (χ1n) is 11.1. The molecule has 1 atom stereocenters. The summed E-state index contributed by atoms with van der Waals surface area (Å²) in [6.07, 6.45) is 0.350. The Morgan fingerprint density at radius 2 is 1.86 bits per heavy atom. The summed E-state index contributed by atoms with van der Waals surface area (Å²) in [6.45, 7) is 6.54. The molecule has 3 aromatic rings. The predicted molar refractivity (Wildman–Crippen MR) is 131 cm³/mol. The first-order chi connectivity index (χ1) is 16.9. The van der Waals surface area contributed by atoms with Crippen LogP contribution in [-0.2, 0) is 20.8 Å². The maximum Gasteiger partial charge on any atom is 0.340 e. The molecule has 0 bridgehead atoms. The number of hydrazone groups is 1. The normalized spacial score (nSPS) is 17.0. The lowest BCUT2D eigenvalue weighted by Crippen LogP contribution is -2.37. The van der Waals surface area contributed by atoms with Gasteiger partial charge in [0.25, 0.3) is 0 Å². The molecule has 186 valence electrons. The van der Waals surface area contributed by atoms with Crippen LogP contribution in [0.5, 0.6) is 0 Å². The predicted octanol–water partition coefficient (Wildman–Crippen LogP) is 4.60. The van der Waals surface area contributed by atoms with Gasteiger partial charge in [0.1, 0.15) is 28.0 Å². The lowest BCUT2D eigenvalue weighted by Gasteiger charge is -2.33. The number of thioether (sulfide) groups is 1. The van der Waals surface area contributed by atoms with Gasteiger partial charge in [-0.3, -0.25) is 4.79 Å². The van der Waals surface area contributed by atoms with Crippen molar-refractivity contribution >= 4 is 28.8 Å². The molecule has 4 rings (SSSR count). The molecule has 2 aromatic carbocycles. The van der Waals surface area contributed by atoms with Gasteiger partial charge in [0.05, 0.1) is 6.61 Å². The zero-order chi connectivity index (χ0) is 25.4. The minimum Gasteiger partial charge on any atom is -0.466 e. The standard InChI is InChI=1S/C22H20F2N4O3S.C2H7N/c1-3-22(14-8-6-5-7-9-14)28(21-26-25-18(31-21)13-19(29)30-4-2)27-20(32-22)16-12-15(23)10-11-17(16)24;1-2-3/h5-12H,3-4,13H2,1-2H3;2-3H2,1H3. The second-order valence-electron chi connectivity index (χ2n) is 7.32. The average molecular weight is 504 g/mol. The third-order valence-electron chi connectivity index (χ3n) is 4.90. The Morgan fingerprint density at radius 3 is 2.51 bits per heavy atom. The molecular weight excluding hydrogens is 476 g/mol. The highest BCUT2D eigenvalue weighted by Gasteiger charge is 2.48. The molecule has 11 heteroatoms. The van der Waals surface area contributed by atoms with Crippen LogP contribution in [0.3, 0.4) is 0 Å². The summed E-state index contributed by atoms with van der Waals surface area (Å²) >= 11 is 1.27. The lowest BCUT2D eigenvalue weighted by atomic mass is 10.0. The quantitative estimate of drug-likeness (QED) is 0.467. The van der Waals surface area contributed by atoms with Crippen LogP contribution in [0.2, 0.25) is 0 Å². The fraction of sp³-hybridized carbons (Fsp3) is 0.333. The number of benzene rings is 2. The molecule has 0 saturated heterocycles. The smallest absolute Gasteiger partial charge is 0.340 e. The Labute approximate surface area is 206 Å². The summed E-state index contributed by atoms with van der Waals surface area (Å²) in [5, 5.41) is 14.3. The number of ether oxygens (including phenoxy) is 1. The Morgan fingerprint density at radius 1 is 1.14 bits per heavy atom. The average Bonchev–Trinajstić information content (AvgIpc) is 3.47. The lowest BCUT2D eigenvalue weighted by molar-refractivity contribution is -0.142. The highest BCUT2D eigenvalue weighted by Crippen LogP contribution is 2.51. The van der Waals surface area contributed by atoms with Crippen LogP contribution in [0.25, 0.3) is 0 Å². The fourth-order valence-corrected chi connectivity index (χ4v) is 4.72. The van der Waals surface area contributed by atoms with Crippen molar-refractivity contribution in [2.45, 2.75) is 38.5 Å². The summed E-state index contributed by atoms with van der Waals surface area (Å²) in [6, 6.07) is 12.7. The number of carbonyl (C=O) groups is 1. The van der Waals surface area contributed by atoms with Gasteiger partial charge in [-0.05, 0) is 43.7 Å². The molecule has 0 fully saturated rings. The SMILES string of the molecule is CCN.CCOC(=O)Cc1nnc(N2N=C(c3cc(F)ccc3F)SC2(CC)c2ccccc2)o1. The van der Waals surface area contributed by atoms with E-state index in [1.165, 1.54) is 16.8 Å². The van der Waals surface area contributed by atoms with Crippen LogP contribution in [0, 0.1) is 11.6 Å². The number of halogens is 2. The first kappa shape index (κ1) is 26.3. The van der Waals surface area contributed by atoms with Gasteiger partial charge in [0.15, 0.2) is 0 Å². The molecule has 1 aliphatic heterocycles. The van der Waals surface area contributed by atoms with Crippen molar-refractivity contribution in [2.75, 3.05) is 18.2 Å². The van der Waals surface area contributed by atoms with E-state index in [2.05, 4.69) is 15.3 Å². The summed E-state index contributed by atoms with van der Waals surface area (Å²) in [5.41, 5.74) is 5.76. The van der Waals surface area contributed by atoms with E-state index in [1.54, 1.807) is 6.92 Å². The van der Waals surface area contributed by atoms with E-state index in [0.717, 1.165) is 30.3 Å². The van der Waals surface area contributed by atoms with E-state index < -0.39 is 22.5 Å². The molecular formula is C24H27F2N5O3S. The van der Waals surface area contributed by atoms with E-state index in [4.69, 9.17) is 14.9 Å². The molecule has 0 spiro atoms. The third-order valence-corrected chi connectivity index (χ3v) is 6.43. The number of hydrogen-bond acceptors (Lipinski definition) is 9. The van der Waals surface area contributed by atoms with E-state index >= 15 is 0 Å². The van der Waals surface area contributed by atoms with Gasteiger partial charge in [-0.15, -0.1) is 5.10 Å². The van der Waals surface area contributed by atoms with Gasteiger partial charge in [0, 0.05) is 5.56 Å². The van der Waals surface area contributed by atoms with Crippen LogP contribution in [-0.4, -0.2) is 34.4 Å². The van der Waals surface area contributed by atoms with Gasteiger partial charge in [-0.2, -0.15) is 10.1 Å². The molecule has 35 heavy (non-hydrogen) atoms. The van der Waals surface area contributed by atoms with E-state index in [1.807, 2.05) is 44.2 Å². The topological polar surface area (TPSA) is 107 Å². The number of aromatic nitrogens is 2. The van der Waals surface area contributed by atoms with Crippen molar-refractivity contribution in [1.82, 2.24) is 10.2 Å². The maximum atomic E-state index is 14.5. The van der Waals surface area contributed by atoms with Crippen molar-refractivity contribution in [3.8, 4) is 0 Å². The van der Waals surface area contributed by atoms with Gasteiger partial charge < -0.3 is 14.9 Å². The first-order valence-corrected chi connectivity index (χ1v) is 12.0. The second-order valence-corrected chi connectivity index (χ2v) is 8.58. The molecule has 1 aliphatic rings. The number of nitrogens with zero attached hydrogens (tertiary/aromatic N) is 4. The summed E-state index contributed by atoms with van der Waals surface area (Å²) in [4.78, 5) is 10.9. The fourth-order valence-electron chi connectivity index (χ4n) is 3.41. The Bertz CT molecular complexity index is 1170. The second kappa shape index (κ2) is 11.9. The Kier molecular flexibility index (Phi) is 8.94. The molecule has 1 unspecified atom stereocenters. The van der Waals surface area contributed by atoms with Crippen molar-refractivity contribution in [3.63, 3.8) is 0 Å². The number of nitrogens with two attached hydrogens (primary N) is 1. The molecule has 1 aromatic heterocycles. The van der Waals surface area contributed by atoms with Crippen LogP contribution < -0.4 is 10.7 Å². The number of carbonyl (C=O) groups excluding carboxylic acids is 1. The number of rotatable bonds is 7. The summed E-state index contributed by atoms with van der Waals surface area (Å²) < 4.78 is 39.1. The van der Waals surface area contributed by atoms with Gasteiger partial charge in [-0.25, -0.2) is 8.78 Å². The zero-order valence-corrected chi connectivity index (χ0v) is 20.5. The molecule has 8 nitrogen and oxygen atoms in total. The van der Waals surface area contributed by atoms with Crippen LogP contribution in [0.4, 0.5) is 14.8 Å². The molecule has 2 N–H and O–H groups in total. The van der Waals surface area contributed by atoms with E-state index in [9.17, 15) is 13.6 Å². The molecule has 0 amide bonds. The monoisotopic (exact) mass is 503 g/mol. The largest absolute Gasteiger partial charge is 0.466 e. The van der Waals surface area contributed by atoms with Crippen LogP contribution >= 0.6 is 11.8 Å². The molecule has 0 aliphatic carbocycles. The molecule has 2 heterocycles. The zero-order valence-electron chi connectivity index (χ0n) is 19.7. The molecule has 0 radical (unpaired) electrons.